The number of aryl methyl sites for hydroxylation is 1. The van der Waals surface area contributed by atoms with Crippen LogP contribution in [-0.2, 0) is 9.59 Å². The average molecular weight is 368 g/mol. The molecule has 0 bridgehead atoms. The van der Waals surface area contributed by atoms with E-state index in [1.165, 1.54) is 18.2 Å². The van der Waals surface area contributed by atoms with E-state index in [4.69, 9.17) is 0 Å². The Kier molecular flexibility index (Phi) is 4.84. The maximum Gasteiger partial charge on any atom is 0.328 e. The molecule has 27 heavy (non-hydrogen) atoms. The lowest BCUT2D eigenvalue weighted by Crippen LogP contribution is -2.58. The van der Waals surface area contributed by atoms with Gasteiger partial charge in [-0.2, -0.15) is 0 Å². The first-order valence-electron chi connectivity index (χ1n) is 8.11. The van der Waals surface area contributed by atoms with Gasteiger partial charge in [0.15, 0.2) is 0 Å². The molecule has 2 N–H and O–H groups in total. The summed E-state index contributed by atoms with van der Waals surface area (Å²) in [4.78, 5) is 48.7. The van der Waals surface area contributed by atoms with Gasteiger partial charge in [0.1, 0.15) is 5.92 Å². The van der Waals surface area contributed by atoms with Gasteiger partial charge in [0.05, 0.1) is 10.6 Å². The summed E-state index contributed by atoms with van der Waals surface area (Å²) in [5.41, 5.74) is 0.868. The Bertz CT molecular complexity index is 929. The van der Waals surface area contributed by atoms with Crippen LogP contribution in [0.25, 0.3) is 0 Å². The number of para-hydroxylation sites is 1. The lowest BCUT2D eigenvalue weighted by Gasteiger charge is -2.30. The number of carbonyl (C=O) groups excluding carboxylic acids is 3. The first kappa shape index (κ1) is 18.1. The van der Waals surface area contributed by atoms with Gasteiger partial charge >= 0.3 is 6.03 Å². The predicted molar refractivity (Wildman–Crippen MR) is 97.3 cm³/mol. The number of benzene rings is 2. The van der Waals surface area contributed by atoms with Crippen molar-refractivity contribution in [1.82, 2.24) is 5.32 Å². The Labute approximate surface area is 154 Å². The molecule has 2 aromatic rings. The van der Waals surface area contributed by atoms with E-state index in [-0.39, 0.29) is 17.9 Å². The van der Waals surface area contributed by atoms with E-state index in [0.29, 0.717) is 11.3 Å². The molecule has 0 radical (unpaired) electrons. The Balaban J connectivity index is 1.81. The van der Waals surface area contributed by atoms with E-state index in [1.54, 1.807) is 37.3 Å². The number of nitrogens with zero attached hydrogens (tertiary/aromatic N) is 2. The van der Waals surface area contributed by atoms with Gasteiger partial charge in [-0.05, 0) is 25.1 Å². The molecule has 0 aromatic heterocycles. The molecule has 2 aromatic carbocycles. The van der Waals surface area contributed by atoms with Gasteiger partial charge in [0, 0.05) is 23.9 Å². The molecule has 1 heterocycles. The minimum Gasteiger partial charge on any atom is -0.336 e. The summed E-state index contributed by atoms with van der Waals surface area (Å²) in [6.45, 7) is 1.43. The molecule has 1 unspecified atom stereocenters. The quantitative estimate of drug-likeness (QED) is 0.487. The third kappa shape index (κ3) is 3.61. The summed E-state index contributed by atoms with van der Waals surface area (Å²) >= 11 is 0. The van der Waals surface area contributed by atoms with Gasteiger partial charge in [-0.25, -0.2) is 9.69 Å². The van der Waals surface area contributed by atoms with Crippen molar-refractivity contribution >= 4 is 34.9 Å². The second-order valence-corrected chi connectivity index (χ2v) is 6.00. The fraction of sp³-hybridized carbons (Fsp3) is 0.167. The van der Waals surface area contributed by atoms with E-state index >= 15 is 0 Å². The van der Waals surface area contributed by atoms with Crippen molar-refractivity contribution in [1.29, 1.82) is 0 Å². The first-order valence-corrected chi connectivity index (χ1v) is 8.11. The predicted octanol–water partition coefficient (Wildman–Crippen LogP) is 2.21. The van der Waals surface area contributed by atoms with E-state index in [0.717, 1.165) is 4.90 Å². The van der Waals surface area contributed by atoms with Crippen LogP contribution in [0.5, 0.6) is 0 Å². The lowest BCUT2D eigenvalue weighted by atomic mass is 10.0. The van der Waals surface area contributed by atoms with Gasteiger partial charge in [0.2, 0.25) is 11.8 Å². The van der Waals surface area contributed by atoms with Gasteiger partial charge in [-0.15, -0.1) is 0 Å². The molecule has 1 saturated heterocycles. The van der Waals surface area contributed by atoms with E-state index in [2.05, 4.69) is 10.6 Å². The van der Waals surface area contributed by atoms with Crippen LogP contribution in [0.1, 0.15) is 5.56 Å². The molecule has 1 aliphatic rings. The smallest absolute Gasteiger partial charge is 0.328 e. The highest BCUT2D eigenvalue weighted by atomic mass is 16.6. The molecule has 1 atom stereocenters. The summed E-state index contributed by atoms with van der Waals surface area (Å²) in [5.74, 6) is -2.47. The molecule has 4 amide bonds. The molecule has 1 aliphatic heterocycles. The molecular weight excluding hydrogens is 352 g/mol. The summed E-state index contributed by atoms with van der Waals surface area (Å²) < 4.78 is 0. The zero-order valence-corrected chi connectivity index (χ0v) is 14.3. The number of amides is 4. The number of nitro benzene ring substituents is 1. The van der Waals surface area contributed by atoms with Crippen LogP contribution < -0.4 is 15.5 Å². The van der Waals surface area contributed by atoms with Crippen molar-refractivity contribution in [2.75, 3.05) is 16.8 Å². The summed E-state index contributed by atoms with van der Waals surface area (Å²) in [5, 5.41) is 16.1. The Morgan fingerprint density at radius 1 is 1.22 bits per heavy atom. The van der Waals surface area contributed by atoms with E-state index in [9.17, 15) is 24.5 Å². The van der Waals surface area contributed by atoms with E-state index < -0.39 is 28.7 Å². The zero-order chi connectivity index (χ0) is 19.6. The molecule has 0 aliphatic carbocycles. The monoisotopic (exact) mass is 368 g/mol. The van der Waals surface area contributed by atoms with Crippen LogP contribution in [0.2, 0.25) is 0 Å². The van der Waals surface area contributed by atoms with Crippen molar-refractivity contribution in [2.24, 2.45) is 5.92 Å². The number of urea groups is 1. The second-order valence-electron chi connectivity index (χ2n) is 6.00. The van der Waals surface area contributed by atoms with Crippen molar-refractivity contribution in [2.45, 2.75) is 6.92 Å². The second kappa shape index (κ2) is 7.24. The van der Waals surface area contributed by atoms with E-state index in [1.807, 2.05) is 0 Å². The number of imide groups is 1. The van der Waals surface area contributed by atoms with Crippen LogP contribution in [0, 0.1) is 23.0 Å². The molecule has 0 saturated carbocycles. The number of carbonyl (C=O) groups is 3. The third-order valence-corrected chi connectivity index (χ3v) is 4.18. The van der Waals surface area contributed by atoms with Crippen LogP contribution in [0.15, 0.2) is 48.5 Å². The summed E-state index contributed by atoms with van der Waals surface area (Å²) in [6.07, 6.45) is 0. The van der Waals surface area contributed by atoms with Crippen LogP contribution in [0.3, 0.4) is 0 Å². The highest BCUT2D eigenvalue weighted by molar-refractivity contribution is 6.23. The Morgan fingerprint density at radius 2 is 1.93 bits per heavy atom. The summed E-state index contributed by atoms with van der Waals surface area (Å²) in [6, 6.07) is 11.9. The fourth-order valence-electron chi connectivity index (χ4n) is 2.75. The largest absolute Gasteiger partial charge is 0.336 e. The van der Waals surface area contributed by atoms with Crippen molar-refractivity contribution in [3.8, 4) is 0 Å². The first-order chi connectivity index (χ1) is 12.9. The van der Waals surface area contributed by atoms with Crippen LogP contribution in [0.4, 0.5) is 21.9 Å². The number of rotatable bonds is 4. The number of hydrogen-bond donors (Lipinski definition) is 2. The highest BCUT2D eigenvalue weighted by Crippen LogP contribution is 2.24. The topological polar surface area (TPSA) is 122 Å². The number of anilines is 2. The lowest BCUT2D eigenvalue weighted by molar-refractivity contribution is -0.385. The maximum absolute atomic E-state index is 12.7. The van der Waals surface area contributed by atoms with Gasteiger partial charge < -0.3 is 10.6 Å². The molecular formula is C18H16N4O5. The van der Waals surface area contributed by atoms with Crippen molar-refractivity contribution < 1.29 is 19.3 Å². The Morgan fingerprint density at radius 3 is 2.59 bits per heavy atom. The van der Waals surface area contributed by atoms with Crippen molar-refractivity contribution in [3.05, 3.63) is 64.2 Å². The van der Waals surface area contributed by atoms with Gasteiger partial charge in [-0.3, -0.25) is 19.7 Å². The molecule has 138 valence electrons. The maximum atomic E-state index is 12.7. The third-order valence-electron chi connectivity index (χ3n) is 4.18. The number of nitrogens with one attached hydrogen (secondary N) is 2. The Hall–Kier alpha value is -3.75. The van der Waals surface area contributed by atoms with Crippen LogP contribution in [-0.4, -0.2) is 29.3 Å². The normalized spacial score (nSPS) is 16.6. The highest BCUT2D eigenvalue weighted by Gasteiger charge is 2.39. The SMILES string of the molecule is Cc1ccc(NC(=O)C2CNC(=O)N(c3ccccc3)C2=O)cc1[N+](=O)[O-]. The standard InChI is InChI=1S/C18H16N4O5/c1-11-7-8-12(9-15(11)22(26)27)20-16(23)14-10-19-18(25)21(17(14)24)13-5-3-2-4-6-13/h2-9,14H,10H2,1H3,(H,19,25)(H,20,23). The van der Waals surface area contributed by atoms with Crippen LogP contribution >= 0.6 is 0 Å². The van der Waals surface area contributed by atoms with Gasteiger partial charge in [0.25, 0.3) is 5.69 Å². The molecule has 3 rings (SSSR count). The molecule has 0 spiro atoms. The van der Waals surface area contributed by atoms with Gasteiger partial charge in [-0.1, -0.05) is 24.3 Å². The molecule has 1 fully saturated rings. The minimum atomic E-state index is -1.15. The number of hydrogen-bond acceptors (Lipinski definition) is 5. The minimum absolute atomic E-state index is 0.137. The molecule has 9 heteroatoms. The number of nitro groups is 1. The fourth-order valence-corrected chi connectivity index (χ4v) is 2.75. The summed E-state index contributed by atoms with van der Waals surface area (Å²) in [7, 11) is 0. The average Bonchev–Trinajstić information content (AvgIpc) is 2.64. The van der Waals surface area contributed by atoms with Crippen molar-refractivity contribution in [3.63, 3.8) is 0 Å². The zero-order valence-electron chi connectivity index (χ0n) is 14.3. The molecule has 9 nitrogen and oxygen atoms in total.